The summed E-state index contributed by atoms with van der Waals surface area (Å²) in [7, 11) is 1.31. The van der Waals surface area contributed by atoms with Crippen LogP contribution in [-0.2, 0) is 19.1 Å². The van der Waals surface area contributed by atoms with Gasteiger partial charge in [0.15, 0.2) is 0 Å². The zero-order chi connectivity index (χ0) is 13.8. The Morgan fingerprint density at radius 3 is 1.88 bits per heavy atom. The van der Waals surface area contributed by atoms with Crippen molar-refractivity contribution in [2.75, 3.05) is 13.7 Å². The molecule has 0 N–H and O–H groups in total. The topological polar surface area (TPSA) is 63.7 Å². The first kappa shape index (κ1) is 17.7. The van der Waals surface area contributed by atoms with Gasteiger partial charge in [0.1, 0.15) is 0 Å². The highest BCUT2D eigenvalue weighted by atomic mass is 16.5. The molecule has 0 aromatic rings. The minimum absolute atomic E-state index is 0.161. The zero-order valence-electron chi connectivity index (χ0n) is 11.0. The van der Waals surface area contributed by atoms with E-state index in [4.69, 9.17) is 0 Å². The molecule has 0 heterocycles. The fraction of sp³-hybridized carbons (Fsp3) is 0.583. The number of hydrogen-bond donors (Lipinski definition) is 0. The Morgan fingerprint density at radius 2 is 1.71 bits per heavy atom. The maximum Gasteiger partial charge on any atom is 0.329 e. The van der Waals surface area contributed by atoms with E-state index in [9.17, 15) is 14.4 Å². The SMILES string of the molecule is C=CC(=O)OC.CCCCN(C(C)=O)C(C)=O. The van der Waals surface area contributed by atoms with Crippen molar-refractivity contribution in [2.24, 2.45) is 0 Å². The summed E-state index contributed by atoms with van der Waals surface area (Å²) in [5.74, 6) is -0.716. The summed E-state index contributed by atoms with van der Waals surface area (Å²) >= 11 is 0. The molecule has 0 spiro atoms. The monoisotopic (exact) mass is 243 g/mol. The highest BCUT2D eigenvalue weighted by molar-refractivity contribution is 5.92. The van der Waals surface area contributed by atoms with Crippen molar-refractivity contribution in [3.05, 3.63) is 12.7 Å². The lowest BCUT2D eigenvalue weighted by molar-refractivity contribution is -0.142. The summed E-state index contributed by atoms with van der Waals surface area (Å²) in [6.45, 7) is 8.57. The zero-order valence-corrected chi connectivity index (χ0v) is 11.0. The van der Waals surface area contributed by atoms with Crippen LogP contribution in [0, 0.1) is 0 Å². The molecule has 5 heteroatoms. The van der Waals surface area contributed by atoms with E-state index in [0.29, 0.717) is 6.54 Å². The largest absolute Gasteiger partial charge is 0.466 e. The van der Waals surface area contributed by atoms with Crippen LogP contribution in [0.4, 0.5) is 0 Å². The minimum atomic E-state index is -0.394. The van der Waals surface area contributed by atoms with Crippen molar-refractivity contribution in [1.29, 1.82) is 0 Å². The molecule has 0 radical (unpaired) electrons. The third-order valence-corrected chi connectivity index (χ3v) is 1.86. The molecule has 0 saturated heterocycles. The number of esters is 1. The van der Waals surface area contributed by atoms with Gasteiger partial charge in [0.2, 0.25) is 11.8 Å². The average molecular weight is 243 g/mol. The first-order valence-electron chi connectivity index (χ1n) is 5.39. The molecule has 0 rings (SSSR count). The van der Waals surface area contributed by atoms with Crippen molar-refractivity contribution < 1.29 is 19.1 Å². The molecular weight excluding hydrogens is 222 g/mol. The number of methoxy groups -OCH3 is 1. The third-order valence-electron chi connectivity index (χ3n) is 1.86. The Hall–Kier alpha value is -1.65. The van der Waals surface area contributed by atoms with Gasteiger partial charge >= 0.3 is 5.97 Å². The van der Waals surface area contributed by atoms with E-state index in [2.05, 4.69) is 11.3 Å². The van der Waals surface area contributed by atoms with Gasteiger partial charge in [0.05, 0.1) is 7.11 Å². The lowest BCUT2D eigenvalue weighted by Crippen LogP contribution is -2.33. The molecule has 17 heavy (non-hydrogen) atoms. The molecule has 0 aliphatic heterocycles. The number of ether oxygens (including phenoxy) is 1. The van der Waals surface area contributed by atoms with Gasteiger partial charge < -0.3 is 4.74 Å². The van der Waals surface area contributed by atoms with Gasteiger partial charge in [0.25, 0.3) is 0 Å². The van der Waals surface area contributed by atoms with Crippen LogP contribution in [0.2, 0.25) is 0 Å². The molecule has 0 bridgehead atoms. The summed E-state index contributed by atoms with van der Waals surface area (Å²) in [5, 5.41) is 0. The Kier molecular flexibility index (Phi) is 11.3. The van der Waals surface area contributed by atoms with E-state index >= 15 is 0 Å². The summed E-state index contributed by atoms with van der Waals surface area (Å²) in [6, 6.07) is 0. The molecule has 0 fully saturated rings. The van der Waals surface area contributed by atoms with Crippen LogP contribution in [0.1, 0.15) is 33.6 Å². The smallest absolute Gasteiger partial charge is 0.329 e. The Bertz CT molecular complexity index is 260. The third kappa shape index (κ3) is 10.6. The highest BCUT2D eigenvalue weighted by Crippen LogP contribution is 1.95. The molecule has 0 aromatic heterocycles. The number of amides is 2. The van der Waals surface area contributed by atoms with Crippen molar-refractivity contribution in [2.45, 2.75) is 33.6 Å². The van der Waals surface area contributed by atoms with Crippen LogP contribution in [0.5, 0.6) is 0 Å². The molecule has 5 nitrogen and oxygen atoms in total. The summed E-state index contributed by atoms with van der Waals surface area (Å²) in [4.78, 5) is 32.7. The fourth-order valence-electron chi connectivity index (χ4n) is 0.936. The molecule has 0 aromatic carbocycles. The van der Waals surface area contributed by atoms with Crippen molar-refractivity contribution in [1.82, 2.24) is 4.90 Å². The number of rotatable bonds is 4. The summed E-state index contributed by atoms with van der Waals surface area (Å²) < 4.78 is 4.14. The molecular formula is C12H21NO4. The van der Waals surface area contributed by atoms with Crippen LogP contribution in [0.25, 0.3) is 0 Å². The standard InChI is InChI=1S/C8H15NO2.C4H6O2/c1-4-5-6-9(7(2)10)8(3)11;1-3-4(5)6-2/h4-6H2,1-3H3;3H,1H2,2H3. The molecule has 98 valence electrons. The van der Waals surface area contributed by atoms with Gasteiger partial charge in [-0.2, -0.15) is 0 Å². The lowest BCUT2D eigenvalue weighted by atomic mass is 10.3. The van der Waals surface area contributed by atoms with Gasteiger partial charge in [-0.25, -0.2) is 4.79 Å². The van der Waals surface area contributed by atoms with Gasteiger partial charge in [0, 0.05) is 26.5 Å². The molecule has 0 aliphatic carbocycles. The van der Waals surface area contributed by atoms with E-state index in [-0.39, 0.29) is 11.8 Å². The van der Waals surface area contributed by atoms with Crippen LogP contribution in [-0.4, -0.2) is 36.3 Å². The average Bonchev–Trinajstić information content (AvgIpc) is 2.28. The summed E-state index contributed by atoms with van der Waals surface area (Å²) in [5.41, 5.74) is 0. The van der Waals surface area contributed by atoms with Gasteiger partial charge in [-0.15, -0.1) is 0 Å². The number of carbonyl (C=O) groups excluding carboxylic acids is 3. The van der Waals surface area contributed by atoms with Gasteiger partial charge in [-0.3, -0.25) is 14.5 Å². The van der Waals surface area contributed by atoms with E-state index in [0.717, 1.165) is 18.9 Å². The second kappa shape index (κ2) is 10.9. The van der Waals surface area contributed by atoms with Crippen LogP contribution in [0.15, 0.2) is 12.7 Å². The van der Waals surface area contributed by atoms with Crippen molar-refractivity contribution >= 4 is 17.8 Å². The Balaban J connectivity index is 0. The van der Waals surface area contributed by atoms with Crippen LogP contribution in [0.3, 0.4) is 0 Å². The van der Waals surface area contributed by atoms with Crippen molar-refractivity contribution in [3.8, 4) is 0 Å². The van der Waals surface area contributed by atoms with Gasteiger partial charge in [-0.05, 0) is 6.42 Å². The molecule has 0 atom stereocenters. The highest BCUT2D eigenvalue weighted by Gasteiger charge is 2.11. The second-order valence-electron chi connectivity index (χ2n) is 3.27. The van der Waals surface area contributed by atoms with Crippen molar-refractivity contribution in [3.63, 3.8) is 0 Å². The summed E-state index contributed by atoms with van der Waals surface area (Å²) in [6.07, 6.45) is 3.00. The normalized spacial score (nSPS) is 8.47. The van der Waals surface area contributed by atoms with Crippen LogP contribution < -0.4 is 0 Å². The van der Waals surface area contributed by atoms with E-state index in [1.807, 2.05) is 6.92 Å². The molecule has 0 unspecified atom stereocenters. The molecule has 2 amide bonds. The number of hydrogen-bond acceptors (Lipinski definition) is 4. The first-order chi connectivity index (χ1) is 7.90. The Labute approximate surface area is 102 Å². The van der Waals surface area contributed by atoms with E-state index in [1.54, 1.807) is 0 Å². The van der Waals surface area contributed by atoms with E-state index in [1.165, 1.54) is 25.9 Å². The maximum atomic E-state index is 10.8. The van der Waals surface area contributed by atoms with Crippen LogP contribution >= 0.6 is 0 Å². The molecule has 0 aliphatic rings. The second-order valence-corrected chi connectivity index (χ2v) is 3.27. The quantitative estimate of drug-likeness (QED) is 0.555. The fourth-order valence-corrected chi connectivity index (χ4v) is 0.936. The minimum Gasteiger partial charge on any atom is -0.466 e. The molecule has 0 saturated carbocycles. The maximum absolute atomic E-state index is 10.8. The Morgan fingerprint density at radius 1 is 1.24 bits per heavy atom. The predicted octanol–water partition coefficient (Wildman–Crippen LogP) is 1.53. The number of nitrogens with zero attached hydrogens (tertiary/aromatic N) is 1. The van der Waals surface area contributed by atoms with Gasteiger partial charge in [-0.1, -0.05) is 19.9 Å². The first-order valence-corrected chi connectivity index (χ1v) is 5.39. The lowest BCUT2D eigenvalue weighted by Gasteiger charge is -2.15. The number of imide groups is 1. The van der Waals surface area contributed by atoms with E-state index < -0.39 is 5.97 Å². The predicted molar refractivity (Wildman–Crippen MR) is 65.2 cm³/mol. The number of carbonyl (C=O) groups is 3. The number of unbranched alkanes of at least 4 members (excludes halogenated alkanes) is 1.